The molecule has 2 aromatic carbocycles. The van der Waals surface area contributed by atoms with Crippen molar-refractivity contribution in [2.45, 2.75) is 13.0 Å². The van der Waals surface area contributed by atoms with E-state index in [0.717, 1.165) is 20.8 Å². The molecule has 0 aliphatic heterocycles. The molecular weight excluding hydrogens is 268 g/mol. The van der Waals surface area contributed by atoms with Crippen LogP contribution in [0.15, 0.2) is 48.5 Å². The van der Waals surface area contributed by atoms with Gasteiger partial charge in [-0.1, -0.05) is 36.4 Å². The minimum atomic E-state index is 0.0904. The van der Waals surface area contributed by atoms with Crippen LogP contribution in [0.4, 0.5) is 0 Å². The highest BCUT2D eigenvalue weighted by atomic mass is 32.1. The fourth-order valence-corrected chi connectivity index (χ4v) is 3.03. The van der Waals surface area contributed by atoms with E-state index in [9.17, 15) is 4.79 Å². The van der Waals surface area contributed by atoms with E-state index in [0.29, 0.717) is 18.5 Å². The number of benzene rings is 2. The summed E-state index contributed by atoms with van der Waals surface area (Å²) in [6.45, 7) is 0.492. The summed E-state index contributed by atoms with van der Waals surface area (Å²) in [6, 6.07) is 15.4. The first-order chi connectivity index (χ1) is 9.76. The van der Waals surface area contributed by atoms with Gasteiger partial charge in [0, 0.05) is 12.1 Å². The number of fused-ring (bicyclic) bond motifs is 1. The van der Waals surface area contributed by atoms with Crippen molar-refractivity contribution in [2.75, 3.05) is 0 Å². The van der Waals surface area contributed by atoms with Crippen LogP contribution in [0.1, 0.15) is 20.9 Å². The summed E-state index contributed by atoms with van der Waals surface area (Å²) in [5.74, 6) is 0.0904. The third-order valence-electron chi connectivity index (χ3n) is 3.16. The lowest BCUT2D eigenvalue weighted by Gasteiger charge is -2.00. The van der Waals surface area contributed by atoms with E-state index in [1.165, 1.54) is 0 Å². The molecule has 3 rings (SSSR count). The number of aromatic nitrogens is 1. The van der Waals surface area contributed by atoms with E-state index in [1.54, 1.807) is 11.3 Å². The second-order valence-corrected chi connectivity index (χ2v) is 5.69. The first kappa shape index (κ1) is 13.0. The lowest BCUT2D eigenvalue weighted by atomic mass is 10.1. The molecule has 2 N–H and O–H groups in total. The molecule has 100 valence electrons. The van der Waals surface area contributed by atoms with Crippen molar-refractivity contribution in [3.05, 3.63) is 64.7 Å². The average molecular weight is 282 g/mol. The second kappa shape index (κ2) is 5.53. The predicted molar refractivity (Wildman–Crippen MR) is 82.0 cm³/mol. The maximum Gasteiger partial charge on any atom is 0.169 e. The number of carbonyl (C=O) groups is 1. The Balaban J connectivity index is 1.80. The maximum absolute atomic E-state index is 12.2. The van der Waals surface area contributed by atoms with Crippen LogP contribution in [-0.4, -0.2) is 10.8 Å². The number of nitrogens with two attached hydrogens (primary N) is 1. The van der Waals surface area contributed by atoms with Gasteiger partial charge in [0.2, 0.25) is 0 Å². The second-order valence-electron chi connectivity index (χ2n) is 4.58. The SMILES string of the molecule is NCc1ccc(C(=O)Cc2nc3ccccc3s2)cc1. The first-order valence-corrected chi connectivity index (χ1v) is 7.24. The standard InChI is InChI=1S/C16H14N2OS/c17-10-11-5-7-12(8-6-11)14(19)9-16-18-13-3-1-2-4-15(13)20-16/h1-8H,9-10,17H2. The summed E-state index contributed by atoms with van der Waals surface area (Å²) in [7, 11) is 0. The van der Waals surface area contributed by atoms with Gasteiger partial charge < -0.3 is 5.73 Å². The molecule has 3 nitrogen and oxygen atoms in total. The molecule has 1 heterocycles. The zero-order valence-corrected chi connectivity index (χ0v) is 11.7. The molecule has 0 aliphatic carbocycles. The Bertz CT molecular complexity index is 714. The quantitative estimate of drug-likeness (QED) is 0.748. The Labute approximate surface area is 121 Å². The molecule has 0 bridgehead atoms. The number of para-hydroxylation sites is 1. The summed E-state index contributed by atoms with van der Waals surface area (Å²) in [5, 5.41) is 0.860. The topological polar surface area (TPSA) is 56.0 Å². The summed E-state index contributed by atoms with van der Waals surface area (Å²) < 4.78 is 1.12. The van der Waals surface area contributed by atoms with Crippen molar-refractivity contribution >= 4 is 27.3 Å². The number of carbonyl (C=O) groups excluding carboxylic acids is 1. The highest BCUT2D eigenvalue weighted by Crippen LogP contribution is 2.22. The van der Waals surface area contributed by atoms with Gasteiger partial charge >= 0.3 is 0 Å². The van der Waals surface area contributed by atoms with Gasteiger partial charge in [0.1, 0.15) is 5.01 Å². The number of hydrogen-bond acceptors (Lipinski definition) is 4. The van der Waals surface area contributed by atoms with Gasteiger partial charge in [-0.15, -0.1) is 11.3 Å². The molecule has 4 heteroatoms. The molecule has 0 saturated heterocycles. The fraction of sp³-hybridized carbons (Fsp3) is 0.125. The van der Waals surface area contributed by atoms with E-state index in [-0.39, 0.29) is 5.78 Å². The Hall–Kier alpha value is -2.04. The summed E-state index contributed by atoms with van der Waals surface area (Å²) in [5.41, 5.74) is 8.25. The van der Waals surface area contributed by atoms with E-state index >= 15 is 0 Å². The van der Waals surface area contributed by atoms with Crippen molar-refractivity contribution in [2.24, 2.45) is 5.73 Å². The summed E-state index contributed by atoms with van der Waals surface area (Å²) in [6.07, 6.45) is 0.349. The van der Waals surface area contributed by atoms with E-state index in [1.807, 2.05) is 48.5 Å². The van der Waals surface area contributed by atoms with E-state index in [4.69, 9.17) is 5.73 Å². The van der Waals surface area contributed by atoms with Crippen molar-refractivity contribution in [1.29, 1.82) is 0 Å². The Morgan fingerprint density at radius 1 is 1.10 bits per heavy atom. The minimum Gasteiger partial charge on any atom is -0.326 e. The van der Waals surface area contributed by atoms with Crippen LogP contribution in [0, 0.1) is 0 Å². The van der Waals surface area contributed by atoms with Crippen LogP contribution >= 0.6 is 11.3 Å². The third kappa shape index (κ3) is 2.61. The van der Waals surface area contributed by atoms with Gasteiger partial charge in [0.15, 0.2) is 5.78 Å². The highest BCUT2D eigenvalue weighted by molar-refractivity contribution is 7.18. The molecule has 0 spiro atoms. The molecule has 0 fully saturated rings. The van der Waals surface area contributed by atoms with Gasteiger partial charge in [0.25, 0.3) is 0 Å². The Kier molecular flexibility index (Phi) is 3.58. The molecule has 0 unspecified atom stereocenters. The Morgan fingerprint density at radius 3 is 2.55 bits per heavy atom. The van der Waals surface area contributed by atoms with Crippen LogP contribution in [-0.2, 0) is 13.0 Å². The maximum atomic E-state index is 12.2. The average Bonchev–Trinajstić information content (AvgIpc) is 2.89. The smallest absolute Gasteiger partial charge is 0.169 e. The van der Waals surface area contributed by atoms with Crippen LogP contribution in [0.3, 0.4) is 0 Å². The number of rotatable bonds is 4. The largest absolute Gasteiger partial charge is 0.326 e. The van der Waals surface area contributed by atoms with Crippen LogP contribution in [0.25, 0.3) is 10.2 Å². The fourth-order valence-electron chi connectivity index (χ4n) is 2.06. The zero-order valence-electron chi connectivity index (χ0n) is 10.9. The lowest BCUT2D eigenvalue weighted by molar-refractivity contribution is 0.0993. The molecular formula is C16H14N2OS. The molecule has 0 amide bonds. The third-order valence-corrected chi connectivity index (χ3v) is 4.20. The van der Waals surface area contributed by atoms with E-state index < -0.39 is 0 Å². The highest BCUT2D eigenvalue weighted by Gasteiger charge is 2.10. The zero-order chi connectivity index (χ0) is 13.9. The van der Waals surface area contributed by atoms with Gasteiger partial charge in [0.05, 0.1) is 16.6 Å². The van der Waals surface area contributed by atoms with Crippen molar-refractivity contribution in [3.8, 4) is 0 Å². The first-order valence-electron chi connectivity index (χ1n) is 6.43. The molecule has 1 aromatic heterocycles. The molecule has 0 saturated carbocycles. The molecule has 0 atom stereocenters. The molecule has 3 aromatic rings. The van der Waals surface area contributed by atoms with Crippen molar-refractivity contribution in [1.82, 2.24) is 4.98 Å². The predicted octanol–water partition coefficient (Wildman–Crippen LogP) is 3.18. The van der Waals surface area contributed by atoms with E-state index in [2.05, 4.69) is 4.98 Å². The normalized spacial score (nSPS) is 10.8. The number of ketones is 1. The van der Waals surface area contributed by atoms with Crippen LogP contribution in [0.5, 0.6) is 0 Å². The van der Waals surface area contributed by atoms with Gasteiger partial charge in [-0.2, -0.15) is 0 Å². The van der Waals surface area contributed by atoms with Crippen molar-refractivity contribution < 1.29 is 4.79 Å². The minimum absolute atomic E-state index is 0.0904. The number of hydrogen-bond donors (Lipinski definition) is 1. The van der Waals surface area contributed by atoms with Gasteiger partial charge in [-0.05, 0) is 17.7 Å². The van der Waals surface area contributed by atoms with Gasteiger partial charge in [-0.3, -0.25) is 4.79 Å². The van der Waals surface area contributed by atoms with Gasteiger partial charge in [-0.25, -0.2) is 4.98 Å². The summed E-state index contributed by atoms with van der Waals surface area (Å²) in [4.78, 5) is 16.7. The number of thiazole rings is 1. The lowest BCUT2D eigenvalue weighted by Crippen LogP contribution is -2.04. The Morgan fingerprint density at radius 2 is 1.85 bits per heavy atom. The number of Topliss-reactive ketones (excluding diaryl/α,β-unsaturated/α-hetero) is 1. The molecule has 0 aliphatic rings. The number of nitrogens with zero attached hydrogens (tertiary/aromatic N) is 1. The summed E-state index contributed by atoms with van der Waals surface area (Å²) >= 11 is 1.58. The van der Waals surface area contributed by atoms with Crippen LogP contribution in [0.2, 0.25) is 0 Å². The monoisotopic (exact) mass is 282 g/mol. The van der Waals surface area contributed by atoms with Crippen LogP contribution < -0.4 is 5.73 Å². The molecule has 0 radical (unpaired) electrons. The molecule has 20 heavy (non-hydrogen) atoms. The van der Waals surface area contributed by atoms with Crippen molar-refractivity contribution in [3.63, 3.8) is 0 Å².